The Bertz CT molecular complexity index is 519. The molecule has 0 aliphatic rings. The minimum Gasteiger partial charge on any atom is -0.478 e. The van der Waals surface area contributed by atoms with Gasteiger partial charge in [0.1, 0.15) is 0 Å². The molecule has 0 aromatic heterocycles. The fourth-order valence-corrected chi connectivity index (χ4v) is 1.35. The molecule has 8 heteroatoms. The van der Waals surface area contributed by atoms with Gasteiger partial charge in [-0.1, -0.05) is 6.07 Å². The van der Waals surface area contributed by atoms with E-state index in [0.29, 0.717) is 11.4 Å². The molecule has 0 aliphatic carbocycles. The number of aromatic carboxylic acids is 1. The number of hydrogen-bond donors (Lipinski definition) is 5. The van der Waals surface area contributed by atoms with Crippen molar-refractivity contribution < 1.29 is 9.90 Å². The molecule has 0 radical (unpaired) electrons. The first kappa shape index (κ1) is 13.3. The number of benzene rings is 1. The molecule has 0 spiro atoms. The number of nitrogens with one attached hydrogen (secondary N) is 1. The second-order valence-corrected chi connectivity index (χ2v) is 3.26. The molecule has 0 heterocycles. The molecule has 0 saturated heterocycles. The topological polar surface area (TPSA) is 152 Å². The van der Waals surface area contributed by atoms with Crippen LogP contribution in [0.2, 0.25) is 0 Å². The van der Waals surface area contributed by atoms with E-state index in [1.54, 1.807) is 19.2 Å². The number of aliphatic imine (C=N–C) groups is 2. The number of carbonyl (C=O) groups is 1. The zero-order valence-corrected chi connectivity index (χ0v) is 9.71. The van der Waals surface area contributed by atoms with Gasteiger partial charge in [-0.2, -0.15) is 4.99 Å². The van der Waals surface area contributed by atoms with Crippen LogP contribution in [-0.4, -0.2) is 30.0 Å². The second-order valence-electron chi connectivity index (χ2n) is 3.26. The molecule has 1 rings (SSSR count). The normalized spacial score (nSPS) is 10.8. The van der Waals surface area contributed by atoms with Crippen LogP contribution in [0.15, 0.2) is 28.2 Å². The highest BCUT2D eigenvalue weighted by molar-refractivity contribution is 5.99. The van der Waals surface area contributed by atoms with Crippen LogP contribution in [0.25, 0.3) is 0 Å². The molecule has 0 bridgehead atoms. The zero-order chi connectivity index (χ0) is 13.7. The Hall–Kier alpha value is -2.77. The highest BCUT2D eigenvalue weighted by Gasteiger charge is 2.12. The number of rotatable bonds is 3. The maximum atomic E-state index is 11.0. The van der Waals surface area contributed by atoms with Crippen LogP contribution >= 0.6 is 0 Å². The van der Waals surface area contributed by atoms with Crippen LogP contribution in [0.5, 0.6) is 0 Å². The van der Waals surface area contributed by atoms with E-state index in [-0.39, 0.29) is 17.5 Å². The Morgan fingerprint density at radius 1 is 1.33 bits per heavy atom. The molecule has 1 aromatic rings. The van der Waals surface area contributed by atoms with Crippen LogP contribution in [0.1, 0.15) is 10.4 Å². The van der Waals surface area contributed by atoms with Crippen LogP contribution in [0, 0.1) is 0 Å². The summed E-state index contributed by atoms with van der Waals surface area (Å²) in [5, 5.41) is 11.8. The summed E-state index contributed by atoms with van der Waals surface area (Å²) in [5.41, 5.74) is 16.5. The predicted molar refractivity (Wildman–Crippen MR) is 70.0 cm³/mol. The van der Waals surface area contributed by atoms with Gasteiger partial charge >= 0.3 is 5.97 Å². The third kappa shape index (κ3) is 3.11. The Morgan fingerprint density at radius 2 is 2.00 bits per heavy atom. The summed E-state index contributed by atoms with van der Waals surface area (Å²) < 4.78 is 0. The van der Waals surface area contributed by atoms with Gasteiger partial charge in [-0.3, -0.25) is 0 Å². The van der Waals surface area contributed by atoms with E-state index in [1.807, 2.05) is 0 Å². The van der Waals surface area contributed by atoms with Gasteiger partial charge in [-0.15, -0.1) is 0 Å². The Morgan fingerprint density at radius 3 is 2.50 bits per heavy atom. The van der Waals surface area contributed by atoms with Gasteiger partial charge in [0.25, 0.3) is 0 Å². The molecule has 1 aromatic carbocycles. The predicted octanol–water partition coefficient (Wildman–Crippen LogP) is -0.354. The van der Waals surface area contributed by atoms with E-state index < -0.39 is 5.97 Å². The summed E-state index contributed by atoms with van der Waals surface area (Å²) in [5.74, 6) is -1.46. The maximum absolute atomic E-state index is 11.0. The van der Waals surface area contributed by atoms with Crippen molar-refractivity contribution in [2.45, 2.75) is 0 Å². The summed E-state index contributed by atoms with van der Waals surface area (Å²) in [4.78, 5) is 18.5. The van der Waals surface area contributed by atoms with Crippen LogP contribution in [0.3, 0.4) is 0 Å². The number of hydrogen-bond acceptors (Lipinski definition) is 3. The molecular formula is C10H14N6O2. The highest BCUT2D eigenvalue weighted by atomic mass is 16.4. The van der Waals surface area contributed by atoms with Crippen molar-refractivity contribution in [1.29, 1.82) is 0 Å². The minimum absolute atomic E-state index is 0.0799. The summed E-state index contributed by atoms with van der Waals surface area (Å²) in [7, 11) is 1.58. The van der Waals surface area contributed by atoms with Crippen molar-refractivity contribution in [1.82, 2.24) is 0 Å². The third-order valence-corrected chi connectivity index (χ3v) is 2.00. The number of guanidine groups is 2. The minimum atomic E-state index is -1.07. The van der Waals surface area contributed by atoms with E-state index in [2.05, 4.69) is 15.3 Å². The number of nitrogens with zero attached hydrogens (tertiary/aromatic N) is 2. The quantitative estimate of drug-likeness (QED) is 0.365. The number of carboxylic acids is 1. The number of anilines is 1. The summed E-state index contributed by atoms with van der Waals surface area (Å²) in [6.45, 7) is 0. The van der Waals surface area contributed by atoms with Crippen LogP contribution < -0.4 is 22.5 Å². The standard InChI is InChI=1S/C10H14N6O2/c1-14-7-5(8(17)18)3-2-4-6(7)15-10(13)16-9(11)12/h2-4,14H,1H3,(H,17,18)(H6,11,12,13,15,16). The largest absolute Gasteiger partial charge is 0.478 e. The van der Waals surface area contributed by atoms with Crippen LogP contribution in [0.4, 0.5) is 11.4 Å². The summed E-state index contributed by atoms with van der Waals surface area (Å²) in [6, 6.07) is 4.59. The smallest absolute Gasteiger partial charge is 0.337 e. The molecule has 0 fully saturated rings. The fourth-order valence-electron chi connectivity index (χ4n) is 1.35. The highest BCUT2D eigenvalue weighted by Crippen LogP contribution is 2.28. The Kier molecular flexibility index (Phi) is 4.08. The summed E-state index contributed by atoms with van der Waals surface area (Å²) >= 11 is 0. The average molecular weight is 250 g/mol. The van der Waals surface area contributed by atoms with Crippen LogP contribution in [-0.2, 0) is 0 Å². The molecule has 8 N–H and O–H groups in total. The van der Waals surface area contributed by atoms with E-state index in [1.165, 1.54) is 6.07 Å². The molecule has 0 saturated carbocycles. The van der Waals surface area contributed by atoms with Gasteiger partial charge in [-0.25, -0.2) is 9.79 Å². The van der Waals surface area contributed by atoms with Crippen molar-refractivity contribution in [3.63, 3.8) is 0 Å². The molecule has 0 atom stereocenters. The van der Waals surface area contributed by atoms with Crippen molar-refractivity contribution in [3.05, 3.63) is 23.8 Å². The van der Waals surface area contributed by atoms with E-state index in [9.17, 15) is 4.79 Å². The molecule has 96 valence electrons. The van der Waals surface area contributed by atoms with Gasteiger partial charge in [0.15, 0.2) is 5.96 Å². The molecule has 18 heavy (non-hydrogen) atoms. The van der Waals surface area contributed by atoms with Crippen molar-refractivity contribution in [3.8, 4) is 0 Å². The lowest BCUT2D eigenvalue weighted by molar-refractivity contribution is 0.0698. The number of carboxylic acid groups (broad SMARTS) is 1. The lowest BCUT2D eigenvalue weighted by atomic mass is 10.1. The molecule has 0 amide bonds. The number of nitrogens with two attached hydrogens (primary N) is 3. The summed E-state index contributed by atoms with van der Waals surface area (Å²) in [6.07, 6.45) is 0. The first-order chi connectivity index (χ1) is 8.45. The van der Waals surface area contributed by atoms with Crippen molar-refractivity contribution >= 4 is 29.3 Å². The van der Waals surface area contributed by atoms with E-state index in [4.69, 9.17) is 22.3 Å². The van der Waals surface area contributed by atoms with E-state index >= 15 is 0 Å². The molecule has 8 nitrogen and oxygen atoms in total. The average Bonchev–Trinajstić information content (AvgIpc) is 2.27. The van der Waals surface area contributed by atoms with E-state index in [0.717, 1.165) is 0 Å². The Balaban J connectivity index is 3.29. The van der Waals surface area contributed by atoms with Crippen molar-refractivity contribution in [2.24, 2.45) is 27.2 Å². The van der Waals surface area contributed by atoms with Gasteiger partial charge in [0.2, 0.25) is 5.96 Å². The molecule has 0 aliphatic heterocycles. The third-order valence-electron chi connectivity index (χ3n) is 2.00. The van der Waals surface area contributed by atoms with Gasteiger partial charge in [-0.05, 0) is 12.1 Å². The zero-order valence-electron chi connectivity index (χ0n) is 9.71. The lowest BCUT2D eigenvalue weighted by Gasteiger charge is -2.08. The van der Waals surface area contributed by atoms with Gasteiger partial charge < -0.3 is 27.6 Å². The number of para-hydroxylation sites is 1. The Labute approximate surface area is 103 Å². The fraction of sp³-hybridized carbons (Fsp3) is 0.100. The monoisotopic (exact) mass is 250 g/mol. The first-order valence-corrected chi connectivity index (χ1v) is 4.93. The SMILES string of the molecule is CNc1c(N=C(N)N=C(N)N)cccc1C(=O)O. The molecular weight excluding hydrogens is 236 g/mol. The maximum Gasteiger partial charge on any atom is 0.337 e. The van der Waals surface area contributed by atoms with Gasteiger partial charge in [0, 0.05) is 7.05 Å². The lowest BCUT2D eigenvalue weighted by Crippen LogP contribution is -2.26. The van der Waals surface area contributed by atoms with Gasteiger partial charge in [0.05, 0.1) is 16.9 Å². The second kappa shape index (κ2) is 5.53. The van der Waals surface area contributed by atoms with Crippen molar-refractivity contribution in [2.75, 3.05) is 12.4 Å². The molecule has 0 unspecified atom stereocenters. The first-order valence-electron chi connectivity index (χ1n) is 4.93.